The van der Waals surface area contributed by atoms with Crippen LogP contribution in [0.25, 0.3) is 10.9 Å². The van der Waals surface area contributed by atoms with Crippen molar-refractivity contribution in [2.24, 2.45) is 12.0 Å². The normalized spacial score (nSPS) is 17.1. The van der Waals surface area contributed by atoms with Crippen molar-refractivity contribution in [2.75, 3.05) is 7.11 Å². The van der Waals surface area contributed by atoms with Crippen molar-refractivity contribution in [3.63, 3.8) is 0 Å². The Balaban J connectivity index is 2.27. The third-order valence-electron chi connectivity index (χ3n) is 4.40. The topological polar surface area (TPSA) is 43.6 Å². The van der Waals surface area contributed by atoms with Gasteiger partial charge in [-0.2, -0.15) is 4.99 Å². The average Bonchev–Trinajstić information content (AvgIpc) is 3.06. The van der Waals surface area contributed by atoms with E-state index in [1.807, 2.05) is 19.3 Å². The summed E-state index contributed by atoms with van der Waals surface area (Å²) in [7, 11) is 3.68. The zero-order valence-corrected chi connectivity index (χ0v) is 11.8. The smallest absolute Gasteiger partial charge is 0.235 e. The van der Waals surface area contributed by atoms with Crippen molar-refractivity contribution in [1.82, 2.24) is 4.57 Å². The third kappa shape index (κ3) is 1.84. The van der Waals surface area contributed by atoms with E-state index < -0.39 is 5.54 Å². The van der Waals surface area contributed by atoms with E-state index >= 15 is 0 Å². The van der Waals surface area contributed by atoms with Crippen LogP contribution in [0.3, 0.4) is 0 Å². The predicted molar refractivity (Wildman–Crippen MR) is 77.7 cm³/mol. The number of carbonyl (C=O) groups excluding carboxylic acids is 1. The van der Waals surface area contributed by atoms with Crippen LogP contribution in [0.15, 0.2) is 29.4 Å². The van der Waals surface area contributed by atoms with E-state index in [2.05, 4.69) is 21.7 Å². The average molecular weight is 270 g/mol. The summed E-state index contributed by atoms with van der Waals surface area (Å²) in [5.41, 5.74) is 1.69. The number of ether oxygens (including phenoxy) is 1. The molecule has 104 valence electrons. The molecule has 0 radical (unpaired) electrons. The van der Waals surface area contributed by atoms with Gasteiger partial charge >= 0.3 is 0 Å². The van der Waals surface area contributed by atoms with Crippen molar-refractivity contribution < 1.29 is 9.53 Å². The monoisotopic (exact) mass is 270 g/mol. The van der Waals surface area contributed by atoms with Crippen molar-refractivity contribution >= 4 is 17.0 Å². The Bertz CT molecular complexity index is 690. The summed E-state index contributed by atoms with van der Waals surface area (Å²) in [5, 5.41) is 1.14. The Kier molecular flexibility index (Phi) is 3.11. The van der Waals surface area contributed by atoms with Crippen molar-refractivity contribution in [3.05, 3.63) is 30.0 Å². The van der Waals surface area contributed by atoms with Gasteiger partial charge in [0.15, 0.2) is 0 Å². The molecule has 1 saturated carbocycles. The van der Waals surface area contributed by atoms with E-state index in [-0.39, 0.29) is 0 Å². The number of aryl methyl sites for hydroxylation is 1. The molecule has 2 aromatic rings. The summed E-state index contributed by atoms with van der Waals surface area (Å²) in [6, 6.07) is 6.21. The van der Waals surface area contributed by atoms with Gasteiger partial charge in [0.1, 0.15) is 11.3 Å². The molecule has 1 aromatic heterocycles. The molecule has 0 bridgehead atoms. The summed E-state index contributed by atoms with van der Waals surface area (Å²) >= 11 is 0. The molecule has 0 amide bonds. The number of hydrogen-bond acceptors (Lipinski definition) is 3. The van der Waals surface area contributed by atoms with E-state index in [1.54, 1.807) is 13.2 Å². The molecule has 0 aliphatic heterocycles. The SMILES string of the molecule is COc1cc2ccn(C)c2cc1C1(N=C=O)CCCC1. The molecule has 1 heterocycles. The minimum atomic E-state index is -0.453. The number of benzene rings is 1. The number of fused-ring (bicyclic) bond motifs is 1. The fourth-order valence-corrected chi connectivity index (χ4v) is 3.32. The highest BCUT2D eigenvalue weighted by molar-refractivity contribution is 5.83. The zero-order chi connectivity index (χ0) is 14.2. The van der Waals surface area contributed by atoms with E-state index in [4.69, 9.17) is 4.74 Å². The number of nitrogens with zero attached hydrogens (tertiary/aromatic N) is 2. The highest BCUT2D eigenvalue weighted by atomic mass is 16.5. The number of methoxy groups -OCH3 is 1. The second-order valence-electron chi connectivity index (χ2n) is 5.48. The second kappa shape index (κ2) is 4.80. The Hall–Kier alpha value is -2.06. The van der Waals surface area contributed by atoms with Gasteiger partial charge in [0.25, 0.3) is 0 Å². The highest BCUT2D eigenvalue weighted by Gasteiger charge is 2.38. The lowest BCUT2D eigenvalue weighted by Crippen LogP contribution is -2.20. The van der Waals surface area contributed by atoms with Gasteiger partial charge in [0.05, 0.1) is 7.11 Å². The van der Waals surface area contributed by atoms with Gasteiger partial charge in [-0.25, -0.2) is 4.79 Å². The number of aromatic nitrogens is 1. The summed E-state index contributed by atoms with van der Waals surface area (Å²) in [6.45, 7) is 0. The van der Waals surface area contributed by atoms with Gasteiger partial charge in [0, 0.05) is 29.7 Å². The Labute approximate surface area is 118 Å². The molecule has 1 fully saturated rings. The first-order valence-electron chi connectivity index (χ1n) is 6.93. The van der Waals surface area contributed by atoms with Crippen LogP contribution in [0.1, 0.15) is 31.2 Å². The fourth-order valence-electron chi connectivity index (χ4n) is 3.32. The molecule has 0 spiro atoms. The Morgan fingerprint density at radius 3 is 2.75 bits per heavy atom. The molecule has 4 nitrogen and oxygen atoms in total. The Morgan fingerprint density at radius 2 is 2.10 bits per heavy atom. The molecule has 3 rings (SSSR count). The van der Waals surface area contributed by atoms with Crippen molar-refractivity contribution in [1.29, 1.82) is 0 Å². The van der Waals surface area contributed by atoms with E-state index in [0.29, 0.717) is 0 Å². The van der Waals surface area contributed by atoms with Crippen LogP contribution >= 0.6 is 0 Å². The van der Waals surface area contributed by atoms with E-state index in [1.165, 1.54) is 0 Å². The molecule has 1 aliphatic rings. The first kappa shape index (κ1) is 12.9. The third-order valence-corrected chi connectivity index (χ3v) is 4.40. The summed E-state index contributed by atoms with van der Waals surface area (Å²) in [6.07, 6.45) is 7.73. The first-order valence-corrected chi connectivity index (χ1v) is 6.93. The lowest BCUT2D eigenvalue weighted by atomic mass is 9.87. The molecular weight excluding hydrogens is 252 g/mol. The zero-order valence-electron chi connectivity index (χ0n) is 11.8. The fraction of sp³-hybridized carbons (Fsp3) is 0.438. The predicted octanol–water partition coefficient (Wildman–Crippen LogP) is 3.29. The first-order chi connectivity index (χ1) is 9.70. The lowest BCUT2D eigenvalue weighted by Gasteiger charge is -2.25. The van der Waals surface area contributed by atoms with Crippen LogP contribution in [-0.4, -0.2) is 17.8 Å². The molecule has 20 heavy (non-hydrogen) atoms. The molecule has 4 heteroatoms. The van der Waals surface area contributed by atoms with Gasteiger partial charge < -0.3 is 9.30 Å². The maximum atomic E-state index is 10.9. The number of aliphatic imine (C=N–C) groups is 1. The minimum Gasteiger partial charge on any atom is -0.496 e. The molecule has 0 N–H and O–H groups in total. The van der Waals surface area contributed by atoms with Gasteiger partial charge in [-0.15, -0.1) is 0 Å². The van der Waals surface area contributed by atoms with Gasteiger partial charge in [-0.1, -0.05) is 12.8 Å². The highest BCUT2D eigenvalue weighted by Crippen LogP contribution is 2.46. The Morgan fingerprint density at radius 1 is 1.35 bits per heavy atom. The number of rotatable bonds is 3. The molecule has 1 aromatic carbocycles. The number of hydrogen-bond donors (Lipinski definition) is 0. The summed E-state index contributed by atoms with van der Waals surface area (Å²) in [5.74, 6) is 0.810. The number of isocyanates is 1. The molecule has 0 atom stereocenters. The maximum absolute atomic E-state index is 10.9. The van der Waals surface area contributed by atoms with E-state index in [9.17, 15) is 4.79 Å². The molecule has 1 aliphatic carbocycles. The van der Waals surface area contributed by atoms with Crippen LogP contribution < -0.4 is 4.74 Å². The second-order valence-corrected chi connectivity index (χ2v) is 5.48. The summed E-state index contributed by atoms with van der Waals surface area (Å²) < 4.78 is 7.62. The van der Waals surface area contributed by atoms with Gasteiger partial charge in [0.2, 0.25) is 6.08 Å². The van der Waals surface area contributed by atoms with Crippen LogP contribution in [-0.2, 0) is 17.4 Å². The standard InChI is InChI=1S/C16H18N2O2/c1-18-8-5-12-9-15(20-2)13(10-14(12)18)16(17-11-19)6-3-4-7-16/h5,8-10H,3-4,6-7H2,1-2H3. The molecule has 0 saturated heterocycles. The quantitative estimate of drug-likeness (QED) is 0.634. The van der Waals surface area contributed by atoms with Crippen molar-refractivity contribution in [2.45, 2.75) is 31.2 Å². The largest absolute Gasteiger partial charge is 0.496 e. The van der Waals surface area contributed by atoms with E-state index in [0.717, 1.165) is 47.9 Å². The minimum absolute atomic E-state index is 0.453. The van der Waals surface area contributed by atoms with Gasteiger partial charge in [-0.05, 0) is 31.0 Å². The van der Waals surface area contributed by atoms with Gasteiger partial charge in [-0.3, -0.25) is 0 Å². The van der Waals surface area contributed by atoms with Crippen LogP contribution in [0.2, 0.25) is 0 Å². The van der Waals surface area contributed by atoms with Crippen molar-refractivity contribution in [3.8, 4) is 5.75 Å². The van der Waals surface area contributed by atoms with Crippen LogP contribution in [0, 0.1) is 0 Å². The van der Waals surface area contributed by atoms with Crippen LogP contribution in [0.5, 0.6) is 5.75 Å². The molecule has 0 unspecified atom stereocenters. The summed E-state index contributed by atoms with van der Waals surface area (Å²) in [4.78, 5) is 15.0. The molecular formula is C16H18N2O2. The lowest BCUT2D eigenvalue weighted by molar-refractivity contribution is 0.380. The maximum Gasteiger partial charge on any atom is 0.235 e. The van der Waals surface area contributed by atoms with Crippen LogP contribution in [0.4, 0.5) is 0 Å².